The van der Waals surface area contributed by atoms with Crippen molar-refractivity contribution < 1.29 is 14.6 Å². The van der Waals surface area contributed by atoms with Crippen LogP contribution in [0.25, 0.3) is 11.1 Å². The Hall–Kier alpha value is -2.08. The zero-order chi connectivity index (χ0) is 33.3. The maximum atomic E-state index is 13.8. The molecule has 1 aromatic heterocycles. The summed E-state index contributed by atoms with van der Waals surface area (Å²) < 4.78 is 15.8. The SMILES string of the molecule is Cn1cc(-c2cccc(CI3CCC4=C(C=IC(C(C)(C)C)=C4)C3=O)c2CN)cc(N=C2C=CC(=C([O-])N3CCOCC3)C=I2)c1=O. The van der Waals surface area contributed by atoms with Gasteiger partial charge in [-0.2, -0.15) is 0 Å². The number of aromatic nitrogens is 1. The Balaban J connectivity index is 1.26. The van der Waals surface area contributed by atoms with E-state index >= 15 is 0 Å². The number of nitrogens with two attached hydrogens (primary N) is 1. The van der Waals surface area contributed by atoms with Crippen LogP contribution < -0.4 is 16.4 Å². The Labute approximate surface area is 303 Å². The fourth-order valence-electron chi connectivity index (χ4n) is 5.73. The molecule has 0 aliphatic carbocycles. The maximum absolute atomic E-state index is 13.8. The second-order valence-electron chi connectivity index (χ2n) is 12.7. The van der Waals surface area contributed by atoms with Gasteiger partial charge in [-0.1, -0.05) is 0 Å². The molecule has 250 valence electrons. The van der Waals surface area contributed by atoms with E-state index in [4.69, 9.17) is 15.5 Å². The number of hydrogen-bond donors (Lipinski definition) is 1. The number of benzene rings is 1. The number of aryl methyl sites for hydroxylation is 1. The third-order valence-electron chi connectivity index (χ3n) is 8.41. The van der Waals surface area contributed by atoms with Crippen LogP contribution in [0.1, 0.15) is 38.3 Å². The number of rotatable bonds is 6. The standard InChI is InChI=1S/C36H41I3N4O4/c1-36(2,3)31-17-23-10-11-39(33(44)28(23)19-37-31)20-25-6-5-7-27(29(25)21-40)26-16-30(35(46)42(4)22-26)41-32-9-8-24(18-38-32)34(45)43-12-14-47-15-13-43/h5-9,16-19,22,45H,10-15,20-21,40H2,1-4H3/p-1. The van der Waals surface area contributed by atoms with Gasteiger partial charge in [0.1, 0.15) is 0 Å². The summed E-state index contributed by atoms with van der Waals surface area (Å²) in [4.78, 5) is 33.6. The molecule has 0 amide bonds. The summed E-state index contributed by atoms with van der Waals surface area (Å²) in [5, 5.41) is 12.9. The number of alkyl halides is 2. The summed E-state index contributed by atoms with van der Waals surface area (Å²) >= 11 is -2.92. The third-order valence-corrected chi connectivity index (χ3v) is 19.7. The van der Waals surface area contributed by atoms with Crippen molar-refractivity contribution in [2.24, 2.45) is 23.2 Å². The van der Waals surface area contributed by atoms with Crippen molar-refractivity contribution in [3.8, 4) is 11.1 Å². The molecule has 0 saturated carbocycles. The fraction of sp³-hybridized carbons (Fsp3) is 0.361. The number of halogens is 3. The number of allylic oxidation sites excluding steroid dienone is 7. The van der Waals surface area contributed by atoms with E-state index in [2.05, 4.69) is 36.9 Å². The Morgan fingerprint density at radius 3 is 2.62 bits per heavy atom. The van der Waals surface area contributed by atoms with Gasteiger partial charge in [0.15, 0.2) is 0 Å². The average molecular weight is 973 g/mol. The molecular weight excluding hydrogens is 933 g/mol. The van der Waals surface area contributed by atoms with Gasteiger partial charge < -0.3 is 14.7 Å². The van der Waals surface area contributed by atoms with E-state index in [1.807, 2.05) is 45.5 Å². The molecule has 2 N–H and O–H groups in total. The van der Waals surface area contributed by atoms with Crippen LogP contribution in [0.2, 0.25) is 0 Å². The molecule has 1 aromatic carbocycles. The summed E-state index contributed by atoms with van der Waals surface area (Å²) in [6, 6.07) is 8.06. The van der Waals surface area contributed by atoms with Crippen molar-refractivity contribution in [3.63, 3.8) is 0 Å². The molecule has 11 heteroatoms. The minimum absolute atomic E-state index is 0.0239. The summed E-state index contributed by atoms with van der Waals surface area (Å²) in [6.45, 7) is 9.48. The average Bonchev–Trinajstić information content (AvgIpc) is 3.07. The van der Waals surface area contributed by atoms with Crippen molar-refractivity contribution in [1.82, 2.24) is 9.47 Å². The van der Waals surface area contributed by atoms with E-state index in [-0.39, 0.29) is 37.6 Å². The van der Waals surface area contributed by atoms with Gasteiger partial charge in [-0.3, -0.25) is 0 Å². The van der Waals surface area contributed by atoms with Crippen LogP contribution in [0, 0.1) is 5.41 Å². The summed E-state index contributed by atoms with van der Waals surface area (Å²) in [7, 11) is 1.74. The molecule has 5 heterocycles. The summed E-state index contributed by atoms with van der Waals surface area (Å²) in [6.07, 6.45) is 8.86. The molecule has 1 saturated heterocycles. The van der Waals surface area contributed by atoms with Gasteiger partial charge in [-0.25, -0.2) is 0 Å². The monoisotopic (exact) mass is 973 g/mol. The van der Waals surface area contributed by atoms with E-state index in [9.17, 15) is 14.7 Å². The van der Waals surface area contributed by atoms with Gasteiger partial charge in [0.25, 0.3) is 0 Å². The molecule has 2 aromatic rings. The van der Waals surface area contributed by atoms with Gasteiger partial charge in [-0.05, 0) is 5.88 Å². The molecule has 0 radical (unpaired) electrons. The third kappa shape index (κ3) is 7.73. The number of carbonyl (C=O) groups excluding carboxylic acids is 1. The zero-order valence-electron chi connectivity index (χ0n) is 27.1. The van der Waals surface area contributed by atoms with Crippen LogP contribution in [-0.2, 0) is 27.6 Å². The number of pyridine rings is 1. The fourth-order valence-corrected chi connectivity index (χ4v) is 16.5. The predicted molar refractivity (Wildman–Crippen MR) is 218 cm³/mol. The van der Waals surface area contributed by atoms with E-state index in [1.54, 1.807) is 11.6 Å². The van der Waals surface area contributed by atoms with Crippen molar-refractivity contribution in [2.45, 2.75) is 38.2 Å². The molecule has 0 bridgehead atoms. The first kappa shape index (κ1) is 34.8. The molecule has 1 fully saturated rings. The number of aliphatic imine (C=N–C) groups is 1. The van der Waals surface area contributed by atoms with E-state index < -0.39 is 40.6 Å². The van der Waals surface area contributed by atoms with Crippen LogP contribution in [0.3, 0.4) is 0 Å². The minimum atomic E-state index is -1.97. The van der Waals surface area contributed by atoms with Gasteiger partial charge in [0.2, 0.25) is 0 Å². The second-order valence-corrected chi connectivity index (χ2v) is 22.9. The van der Waals surface area contributed by atoms with E-state index in [1.165, 1.54) is 9.15 Å². The van der Waals surface area contributed by atoms with Gasteiger partial charge >= 0.3 is 259 Å². The van der Waals surface area contributed by atoms with Crippen molar-refractivity contribution in [3.05, 3.63) is 96.4 Å². The molecule has 0 spiro atoms. The van der Waals surface area contributed by atoms with Gasteiger partial charge in [-0.15, -0.1) is 0 Å². The van der Waals surface area contributed by atoms with E-state index in [0.717, 1.165) is 46.8 Å². The molecular formula is C36H40I3N4O4-. The van der Waals surface area contributed by atoms with Crippen LogP contribution in [0.5, 0.6) is 0 Å². The predicted octanol–water partition coefficient (Wildman–Crippen LogP) is 5.74. The first-order chi connectivity index (χ1) is 22.5. The Morgan fingerprint density at radius 2 is 1.91 bits per heavy atom. The van der Waals surface area contributed by atoms with Crippen molar-refractivity contribution in [2.75, 3.05) is 30.7 Å². The Morgan fingerprint density at radius 1 is 1.13 bits per heavy atom. The number of hydrogen-bond acceptors (Lipinski definition) is 7. The summed E-state index contributed by atoms with van der Waals surface area (Å²) in [5.74, 6) is 0.0239. The second kappa shape index (κ2) is 14.8. The topological polar surface area (TPSA) is 113 Å². The molecule has 4 aliphatic rings. The van der Waals surface area contributed by atoms with Gasteiger partial charge in [0, 0.05) is 13.1 Å². The van der Waals surface area contributed by atoms with Crippen LogP contribution in [-0.4, -0.2) is 55.7 Å². The van der Waals surface area contributed by atoms with Crippen molar-refractivity contribution >= 4 is 82.5 Å². The number of nitrogens with zero attached hydrogens (tertiary/aromatic N) is 3. The zero-order valence-corrected chi connectivity index (χ0v) is 33.6. The molecule has 6 rings (SSSR count). The first-order valence-corrected chi connectivity index (χ1v) is 24.4. The molecule has 8 nitrogen and oxygen atoms in total. The van der Waals surface area contributed by atoms with Gasteiger partial charge in [0.05, 0.1) is 13.2 Å². The Kier molecular flexibility index (Phi) is 11.0. The first-order valence-electron chi connectivity index (χ1n) is 15.6. The quantitative estimate of drug-likeness (QED) is 0.171. The number of carbonyl (C=O) groups is 1. The summed E-state index contributed by atoms with van der Waals surface area (Å²) in [5.41, 5.74) is 13.7. The molecule has 0 atom stereocenters. The van der Waals surface area contributed by atoms with Crippen LogP contribution in [0.15, 0.2) is 84.7 Å². The molecule has 4 aliphatic heterocycles. The molecule has 47 heavy (non-hydrogen) atoms. The van der Waals surface area contributed by atoms with Crippen LogP contribution >= 0.6 is 61.3 Å². The van der Waals surface area contributed by atoms with Crippen LogP contribution in [0.4, 0.5) is 5.69 Å². The Bertz CT molecular complexity index is 1870. The number of ether oxygens (including phenoxy) is 1. The number of morpholine rings is 1. The molecule has 0 unspecified atom stereocenters. The van der Waals surface area contributed by atoms with E-state index in [0.29, 0.717) is 47.9 Å². The normalized spacial score (nSPS) is 21.3. The van der Waals surface area contributed by atoms with Crippen molar-refractivity contribution in [1.29, 1.82) is 0 Å².